The van der Waals surface area contributed by atoms with Gasteiger partial charge in [0.25, 0.3) is 0 Å². The van der Waals surface area contributed by atoms with Gasteiger partial charge in [0.15, 0.2) is 0 Å². The van der Waals surface area contributed by atoms with Crippen molar-refractivity contribution in [3.8, 4) is 5.75 Å². The zero-order chi connectivity index (χ0) is 13.7. The molecular weight excluding hydrogens is 242 g/mol. The second-order valence-corrected chi connectivity index (χ2v) is 4.29. The van der Waals surface area contributed by atoms with Crippen molar-refractivity contribution in [1.82, 2.24) is 15.3 Å². The molecule has 0 radical (unpaired) electrons. The van der Waals surface area contributed by atoms with E-state index in [4.69, 9.17) is 4.74 Å². The fourth-order valence-corrected chi connectivity index (χ4v) is 1.84. The Balaban J connectivity index is 1.93. The zero-order valence-electron chi connectivity index (χ0n) is 11.0. The van der Waals surface area contributed by atoms with E-state index in [0.717, 1.165) is 17.1 Å². The third-order valence-electron chi connectivity index (χ3n) is 2.81. The maximum atomic E-state index is 11.9. The van der Waals surface area contributed by atoms with Crippen molar-refractivity contribution in [2.75, 3.05) is 7.11 Å². The molecule has 0 fully saturated rings. The number of nitrogens with zero attached hydrogens (tertiary/aromatic N) is 1. The summed E-state index contributed by atoms with van der Waals surface area (Å²) in [6.07, 6.45) is 3.72. The van der Waals surface area contributed by atoms with Crippen LogP contribution in [0, 0.1) is 0 Å². The Kier molecular flexibility index (Phi) is 4.18. The second-order valence-electron chi connectivity index (χ2n) is 4.29. The van der Waals surface area contributed by atoms with Gasteiger partial charge in [-0.15, -0.1) is 0 Å². The highest BCUT2D eigenvalue weighted by Crippen LogP contribution is 2.13. The van der Waals surface area contributed by atoms with Crippen LogP contribution in [-0.2, 0) is 11.2 Å². The molecule has 0 aliphatic rings. The normalized spacial score (nSPS) is 11.9. The minimum absolute atomic E-state index is 0.0443. The molecule has 0 saturated heterocycles. The molecule has 1 heterocycles. The molecule has 0 aliphatic heterocycles. The minimum Gasteiger partial charge on any atom is -0.497 e. The first-order valence-electron chi connectivity index (χ1n) is 6.10. The van der Waals surface area contributed by atoms with Crippen molar-refractivity contribution in [2.24, 2.45) is 0 Å². The van der Waals surface area contributed by atoms with E-state index in [0.29, 0.717) is 6.42 Å². The lowest BCUT2D eigenvalue weighted by Crippen LogP contribution is -2.28. The number of aromatic amines is 1. The third-order valence-corrected chi connectivity index (χ3v) is 2.81. The van der Waals surface area contributed by atoms with Crippen molar-refractivity contribution < 1.29 is 9.53 Å². The Morgan fingerprint density at radius 3 is 3.05 bits per heavy atom. The molecular formula is C14H17N3O2. The summed E-state index contributed by atoms with van der Waals surface area (Å²) in [4.78, 5) is 19.0. The first-order valence-corrected chi connectivity index (χ1v) is 6.10. The third kappa shape index (κ3) is 3.58. The van der Waals surface area contributed by atoms with E-state index in [1.165, 1.54) is 0 Å². The van der Waals surface area contributed by atoms with Crippen molar-refractivity contribution in [3.63, 3.8) is 0 Å². The first-order chi connectivity index (χ1) is 9.19. The molecule has 2 aromatic rings. The Morgan fingerprint density at radius 2 is 2.37 bits per heavy atom. The quantitative estimate of drug-likeness (QED) is 0.861. The number of methoxy groups -OCH3 is 1. The van der Waals surface area contributed by atoms with Gasteiger partial charge in [-0.05, 0) is 24.6 Å². The maximum absolute atomic E-state index is 11.9. The summed E-state index contributed by atoms with van der Waals surface area (Å²) in [6.45, 7) is 1.89. The molecule has 1 unspecified atom stereocenters. The lowest BCUT2D eigenvalue weighted by molar-refractivity contribution is -0.121. The van der Waals surface area contributed by atoms with Crippen LogP contribution >= 0.6 is 0 Å². The number of rotatable bonds is 5. The molecule has 1 aromatic heterocycles. The highest BCUT2D eigenvalue weighted by Gasteiger charge is 2.11. The molecule has 5 nitrogen and oxygen atoms in total. The van der Waals surface area contributed by atoms with Crippen molar-refractivity contribution >= 4 is 5.91 Å². The lowest BCUT2D eigenvalue weighted by Gasteiger charge is -2.11. The monoisotopic (exact) mass is 259 g/mol. The number of carbonyl (C=O) groups is 1. The van der Waals surface area contributed by atoms with E-state index in [-0.39, 0.29) is 11.9 Å². The SMILES string of the molecule is COc1cccc(CC(=O)NC(C)c2ncc[nH]2)c1. The Hall–Kier alpha value is -2.30. The molecule has 0 spiro atoms. The van der Waals surface area contributed by atoms with Gasteiger partial charge in [0.2, 0.25) is 5.91 Å². The Labute approximate surface area is 112 Å². The van der Waals surface area contributed by atoms with Gasteiger partial charge in [-0.1, -0.05) is 12.1 Å². The number of amides is 1. The van der Waals surface area contributed by atoms with Crippen molar-refractivity contribution in [2.45, 2.75) is 19.4 Å². The van der Waals surface area contributed by atoms with Gasteiger partial charge in [0, 0.05) is 12.4 Å². The van der Waals surface area contributed by atoms with Crippen LogP contribution in [0.2, 0.25) is 0 Å². The van der Waals surface area contributed by atoms with E-state index >= 15 is 0 Å². The van der Waals surface area contributed by atoms with Crippen LogP contribution in [0.25, 0.3) is 0 Å². The lowest BCUT2D eigenvalue weighted by atomic mass is 10.1. The largest absolute Gasteiger partial charge is 0.497 e. The van der Waals surface area contributed by atoms with Gasteiger partial charge in [-0.3, -0.25) is 4.79 Å². The zero-order valence-corrected chi connectivity index (χ0v) is 11.0. The molecule has 0 bridgehead atoms. The predicted molar refractivity (Wildman–Crippen MR) is 71.8 cm³/mol. The van der Waals surface area contributed by atoms with Crippen LogP contribution in [0.4, 0.5) is 0 Å². The molecule has 0 aliphatic carbocycles. The van der Waals surface area contributed by atoms with Gasteiger partial charge in [-0.2, -0.15) is 0 Å². The Morgan fingerprint density at radius 1 is 1.53 bits per heavy atom. The average molecular weight is 259 g/mol. The molecule has 1 aromatic carbocycles. The van der Waals surface area contributed by atoms with Gasteiger partial charge in [0.1, 0.15) is 11.6 Å². The van der Waals surface area contributed by atoms with E-state index in [1.54, 1.807) is 19.5 Å². The van der Waals surface area contributed by atoms with Gasteiger partial charge in [0.05, 0.1) is 19.6 Å². The average Bonchev–Trinajstić information content (AvgIpc) is 2.92. The molecule has 100 valence electrons. The molecule has 0 saturated carbocycles. The summed E-state index contributed by atoms with van der Waals surface area (Å²) in [5, 5.41) is 2.89. The van der Waals surface area contributed by atoms with Gasteiger partial charge >= 0.3 is 0 Å². The number of imidazole rings is 1. The van der Waals surface area contributed by atoms with Gasteiger partial charge < -0.3 is 15.0 Å². The summed E-state index contributed by atoms with van der Waals surface area (Å²) in [6, 6.07) is 7.36. The van der Waals surface area contributed by atoms with Crippen LogP contribution in [0.1, 0.15) is 24.4 Å². The van der Waals surface area contributed by atoms with Crippen LogP contribution in [0.5, 0.6) is 5.75 Å². The number of carbonyl (C=O) groups excluding carboxylic acids is 1. The smallest absolute Gasteiger partial charge is 0.224 e. The highest BCUT2D eigenvalue weighted by molar-refractivity contribution is 5.79. The number of H-pyrrole nitrogens is 1. The summed E-state index contributed by atoms with van der Waals surface area (Å²) in [5.41, 5.74) is 0.920. The van der Waals surface area contributed by atoms with Crippen molar-refractivity contribution in [1.29, 1.82) is 0 Å². The van der Waals surface area contributed by atoms with Crippen LogP contribution in [0.3, 0.4) is 0 Å². The number of ether oxygens (including phenoxy) is 1. The number of hydrogen-bond acceptors (Lipinski definition) is 3. The number of benzene rings is 1. The van der Waals surface area contributed by atoms with Crippen LogP contribution < -0.4 is 10.1 Å². The predicted octanol–water partition coefficient (Wildman–Crippen LogP) is 1.84. The van der Waals surface area contributed by atoms with E-state index in [9.17, 15) is 4.79 Å². The topological polar surface area (TPSA) is 67.0 Å². The second kappa shape index (κ2) is 6.04. The summed E-state index contributed by atoms with van der Waals surface area (Å²) >= 11 is 0. The first kappa shape index (κ1) is 13.1. The van der Waals surface area contributed by atoms with Gasteiger partial charge in [-0.25, -0.2) is 4.98 Å². The maximum Gasteiger partial charge on any atom is 0.224 e. The molecule has 2 N–H and O–H groups in total. The number of aromatic nitrogens is 2. The van der Waals surface area contributed by atoms with Crippen LogP contribution in [0.15, 0.2) is 36.7 Å². The summed E-state index contributed by atoms with van der Waals surface area (Å²) < 4.78 is 5.13. The fourth-order valence-electron chi connectivity index (χ4n) is 1.84. The highest BCUT2D eigenvalue weighted by atomic mass is 16.5. The summed E-state index contributed by atoms with van der Waals surface area (Å²) in [7, 11) is 1.61. The number of hydrogen-bond donors (Lipinski definition) is 2. The standard InChI is InChI=1S/C14H17N3O2/c1-10(14-15-6-7-16-14)17-13(18)9-11-4-3-5-12(8-11)19-2/h3-8,10H,9H2,1-2H3,(H,15,16)(H,17,18). The number of nitrogens with one attached hydrogen (secondary N) is 2. The van der Waals surface area contributed by atoms with E-state index in [1.807, 2.05) is 31.2 Å². The minimum atomic E-state index is -0.131. The van der Waals surface area contributed by atoms with Crippen LogP contribution in [-0.4, -0.2) is 23.0 Å². The van der Waals surface area contributed by atoms with E-state index < -0.39 is 0 Å². The summed E-state index contributed by atoms with van der Waals surface area (Å²) in [5.74, 6) is 1.46. The van der Waals surface area contributed by atoms with E-state index in [2.05, 4.69) is 15.3 Å². The molecule has 19 heavy (non-hydrogen) atoms. The molecule has 1 atom stereocenters. The van der Waals surface area contributed by atoms with Crippen molar-refractivity contribution in [3.05, 3.63) is 48.0 Å². The molecule has 2 rings (SSSR count). The molecule has 5 heteroatoms. The Bertz CT molecular complexity index is 537. The fraction of sp³-hybridized carbons (Fsp3) is 0.286. The molecule has 1 amide bonds.